The molecular weight excluding hydrogens is 382 g/mol. The van der Waals surface area contributed by atoms with Crippen LogP contribution in [-0.2, 0) is 12.5 Å². The van der Waals surface area contributed by atoms with E-state index >= 15 is 0 Å². The molecule has 4 rings (SSSR count). The molecule has 1 fully saturated rings. The fourth-order valence-electron chi connectivity index (χ4n) is 3.66. The molecule has 0 atom stereocenters. The second-order valence-corrected chi connectivity index (χ2v) is 7.27. The molecule has 0 saturated heterocycles. The third-order valence-electron chi connectivity index (χ3n) is 5.16. The lowest BCUT2D eigenvalue weighted by Crippen LogP contribution is -2.41. The van der Waals surface area contributed by atoms with Gasteiger partial charge < -0.3 is 10.1 Å². The number of para-hydroxylation sites is 1. The number of ether oxygens (including phenoxy) is 1. The number of rotatable bonds is 5. The Kier molecular flexibility index (Phi) is 4.11. The second-order valence-electron chi connectivity index (χ2n) is 6.52. The molecule has 1 aromatic carbocycles. The van der Waals surface area contributed by atoms with Gasteiger partial charge in [0.1, 0.15) is 22.5 Å². The van der Waals surface area contributed by atoms with E-state index in [-0.39, 0.29) is 5.41 Å². The van der Waals surface area contributed by atoms with Crippen molar-refractivity contribution in [1.82, 2.24) is 19.7 Å². The lowest BCUT2D eigenvalue weighted by Gasteiger charge is -2.43. The number of anilines is 1. The van der Waals surface area contributed by atoms with Gasteiger partial charge in [0.2, 0.25) is 0 Å². The zero-order valence-electron chi connectivity index (χ0n) is 14.3. The fourth-order valence-corrected chi connectivity index (χ4v) is 4.26. The molecule has 2 heterocycles. The van der Waals surface area contributed by atoms with Crippen molar-refractivity contribution in [1.29, 1.82) is 0 Å². The maximum Gasteiger partial charge on any atom is 0.164 e. The minimum absolute atomic E-state index is 0.0819. The molecule has 7 heteroatoms. The predicted octanol–water partition coefficient (Wildman–Crippen LogP) is 3.67. The van der Waals surface area contributed by atoms with Crippen molar-refractivity contribution >= 4 is 32.8 Å². The van der Waals surface area contributed by atoms with Gasteiger partial charge in [-0.2, -0.15) is 5.10 Å². The van der Waals surface area contributed by atoms with Crippen molar-refractivity contribution in [2.45, 2.75) is 24.7 Å². The number of nitrogens with zero attached hydrogens (tertiary/aromatic N) is 4. The number of benzene rings is 1. The number of hydrogen-bond donors (Lipinski definition) is 1. The normalized spacial score (nSPS) is 15.8. The minimum atomic E-state index is 0.0819. The lowest BCUT2D eigenvalue weighted by molar-refractivity contribution is 0.250. The molecule has 1 aliphatic carbocycles. The Morgan fingerprint density at radius 1 is 1.28 bits per heavy atom. The number of nitrogens with one attached hydrogen (secondary N) is 1. The molecule has 6 nitrogen and oxygen atoms in total. The summed E-state index contributed by atoms with van der Waals surface area (Å²) in [5.41, 5.74) is 2.16. The van der Waals surface area contributed by atoms with Crippen molar-refractivity contribution in [3.05, 3.63) is 40.8 Å². The predicted molar refractivity (Wildman–Crippen MR) is 101 cm³/mol. The van der Waals surface area contributed by atoms with E-state index in [9.17, 15) is 0 Å². The third-order valence-corrected chi connectivity index (χ3v) is 5.72. The van der Waals surface area contributed by atoms with Crippen molar-refractivity contribution in [3.8, 4) is 5.75 Å². The number of fused-ring (bicyclic) bond motifs is 1. The molecule has 1 saturated carbocycles. The first-order valence-electron chi connectivity index (χ1n) is 8.35. The van der Waals surface area contributed by atoms with Crippen LogP contribution in [0.2, 0.25) is 0 Å². The molecule has 0 radical (unpaired) electrons. The number of hydrogen-bond acceptors (Lipinski definition) is 5. The molecule has 0 unspecified atom stereocenters. The van der Waals surface area contributed by atoms with Crippen molar-refractivity contribution in [3.63, 3.8) is 0 Å². The summed E-state index contributed by atoms with van der Waals surface area (Å²) in [6, 6.07) is 8.31. The van der Waals surface area contributed by atoms with Gasteiger partial charge in [-0.05, 0) is 34.8 Å². The second kappa shape index (κ2) is 6.29. The van der Waals surface area contributed by atoms with Gasteiger partial charge in [-0.1, -0.05) is 24.6 Å². The number of halogens is 1. The zero-order valence-corrected chi connectivity index (χ0v) is 15.9. The van der Waals surface area contributed by atoms with Crippen LogP contribution in [0.3, 0.4) is 0 Å². The molecular formula is C18H20BrN5O. The Hall–Kier alpha value is -2.15. The molecule has 2 aromatic heterocycles. The molecule has 0 amide bonds. The molecule has 3 aromatic rings. The van der Waals surface area contributed by atoms with Gasteiger partial charge in [0.05, 0.1) is 12.5 Å². The van der Waals surface area contributed by atoms with Crippen LogP contribution in [0.15, 0.2) is 35.2 Å². The summed E-state index contributed by atoms with van der Waals surface area (Å²) in [7, 11) is 3.62. The quantitative estimate of drug-likeness (QED) is 0.706. The number of methoxy groups -OCH3 is 1. The summed E-state index contributed by atoms with van der Waals surface area (Å²) in [5, 5.41) is 8.85. The highest BCUT2D eigenvalue weighted by molar-refractivity contribution is 9.10. The van der Waals surface area contributed by atoms with Crippen LogP contribution < -0.4 is 10.1 Å². The average molecular weight is 402 g/mol. The van der Waals surface area contributed by atoms with E-state index in [0.717, 1.165) is 46.6 Å². The molecule has 1 N–H and O–H groups in total. The molecule has 25 heavy (non-hydrogen) atoms. The maximum absolute atomic E-state index is 5.60. The molecule has 0 aliphatic heterocycles. The van der Waals surface area contributed by atoms with Crippen LogP contribution in [-0.4, -0.2) is 33.4 Å². The fraction of sp³-hybridized carbons (Fsp3) is 0.389. The molecule has 0 spiro atoms. The van der Waals surface area contributed by atoms with Crippen LogP contribution in [0.25, 0.3) is 11.0 Å². The van der Waals surface area contributed by atoms with E-state index in [2.05, 4.69) is 48.4 Å². The van der Waals surface area contributed by atoms with E-state index < -0.39 is 0 Å². The average Bonchev–Trinajstić information content (AvgIpc) is 2.89. The highest BCUT2D eigenvalue weighted by Crippen LogP contribution is 2.47. The van der Waals surface area contributed by atoms with Gasteiger partial charge in [0, 0.05) is 24.6 Å². The van der Waals surface area contributed by atoms with E-state index in [1.807, 2.05) is 19.2 Å². The Balaban J connectivity index is 1.66. The van der Waals surface area contributed by atoms with Crippen LogP contribution >= 0.6 is 15.9 Å². The first-order chi connectivity index (χ1) is 12.1. The monoisotopic (exact) mass is 401 g/mol. The highest BCUT2D eigenvalue weighted by atomic mass is 79.9. The van der Waals surface area contributed by atoms with Gasteiger partial charge in [0.15, 0.2) is 5.65 Å². The summed E-state index contributed by atoms with van der Waals surface area (Å²) >= 11 is 3.52. The summed E-state index contributed by atoms with van der Waals surface area (Å²) in [4.78, 5) is 8.77. The van der Waals surface area contributed by atoms with Gasteiger partial charge >= 0.3 is 0 Å². The third kappa shape index (κ3) is 2.66. The van der Waals surface area contributed by atoms with Crippen molar-refractivity contribution < 1.29 is 4.74 Å². The van der Waals surface area contributed by atoms with Crippen LogP contribution in [0, 0.1) is 0 Å². The Labute approximate surface area is 154 Å². The Morgan fingerprint density at radius 2 is 2.08 bits per heavy atom. The number of aromatic nitrogens is 4. The summed E-state index contributed by atoms with van der Waals surface area (Å²) < 4.78 is 8.11. The summed E-state index contributed by atoms with van der Waals surface area (Å²) in [5.74, 6) is 1.77. The van der Waals surface area contributed by atoms with E-state index in [0.29, 0.717) is 0 Å². The van der Waals surface area contributed by atoms with Crippen molar-refractivity contribution in [2.75, 3.05) is 19.0 Å². The van der Waals surface area contributed by atoms with Crippen LogP contribution in [0.5, 0.6) is 5.75 Å². The smallest absolute Gasteiger partial charge is 0.164 e. The van der Waals surface area contributed by atoms with E-state index in [1.54, 1.807) is 18.1 Å². The first-order valence-corrected chi connectivity index (χ1v) is 9.14. The van der Waals surface area contributed by atoms with E-state index in [4.69, 9.17) is 4.74 Å². The Bertz CT molecular complexity index is 919. The number of aryl methyl sites for hydroxylation is 1. The lowest BCUT2D eigenvalue weighted by atomic mass is 9.64. The largest absolute Gasteiger partial charge is 0.496 e. The van der Waals surface area contributed by atoms with E-state index in [1.165, 1.54) is 12.0 Å². The maximum atomic E-state index is 5.60. The highest BCUT2D eigenvalue weighted by Gasteiger charge is 2.40. The SMILES string of the molecule is COc1ccccc1C1(CNc2ncnc3c2c(Br)nn3C)CCC1. The topological polar surface area (TPSA) is 64.9 Å². The molecule has 130 valence electrons. The van der Waals surface area contributed by atoms with Gasteiger partial charge in [-0.15, -0.1) is 0 Å². The van der Waals surface area contributed by atoms with Crippen LogP contribution in [0.4, 0.5) is 5.82 Å². The Morgan fingerprint density at radius 3 is 2.80 bits per heavy atom. The zero-order chi connectivity index (χ0) is 17.4. The van der Waals surface area contributed by atoms with Gasteiger partial charge in [0.25, 0.3) is 0 Å². The van der Waals surface area contributed by atoms with Gasteiger partial charge in [-0.25, -0.2) is 14.6 Å². The van der Waals surface area contributed by atoms with Gasteiger partial charge in [-0.3, -0.25) is 0 Å². The molecule has 0 bridgehead atoms. The van der Waals surface area contributed by atoms with Crippen molar-refractivity contribution in [2.24, 2.45) is 7.05 Å². The molecule has 1 aliphatic rings. The summed E-state index contributed by atoms with van der Waals surface area (Å²) in [6.45, 7) is 0.806. The first kappa shape index (κ1) is 16.3. The minimum Gasteiger partial charge on any atom is -0.496 e. The standard InChI is InChI=1S/C18H20BrN5O/c1-24-17-14(15(19)23-24)16(21-11-22-17)20-10-18(8-5-9-18)12-6-3-4-7-13(12)25-2/h3-4,6-7,11H,5,8-10H2,1-2H3,(H,20,21,22). The van der Waals surface area contributed by atoms with Crippen LogP contribution in [0.1, 0.15) is 24.8 Å². The summed E-state index contributed by atoms with van der Waals surface area (Å²) in [6.07, 6.45) is 5.09.